The number of fused-ring (bicyclic) bond motifs is 1. The first kappa shape index (κ1) is 13.2. The topological polar surface area (TPSA) is 70.1 Å². The third-order valence-corrected chi connectivity index (χ3v) is 3.86. The molecule has 0 radical (unpaired) electrons. The molecule has 2 N–H and O–H groups in total. The summed E-state index contributed by atoms with van der Waals surface area (Å²) >= 11 is 0. The molecule has 1 amide bonds. The minimum absolute atomic E-state index is 0.0200. The number of benzene rings is 2. The zero-order valence-electron chi connectivity index (χ0n) is 11.5. The fourth-order valence-corrected chi connectivity index (χ4v) is 2.65. The third kappa shape index (κ3) is 2.46. The molecular formula is C17H15N3O. The fraction of sp³-hybridized carbons (Fsp3) is 0.176. The van der Waals surface area contributed by atoms with Gasteiger partial charge in [0, 0.05) is 24.3 Å². The van der Waals surface area contributed by atoms with Crippen molar-refractivity contribution in [1.82, 2.24) is 4.90 Å². The molecule has 2 aromatic carbocycles. The van der Waals surface area contributed by atoms with Crippen molar-refractivity contribution in [2.45, 2.75) is 13.0 Å². The standard InChI is InChI=1S/C17H15N3O/c18-10-12-4-6-14(7-5-12)17(21)20-9-8-13-2-1-3-16(19)15(13)11-20/h1-7H,8-9,11,19H2. The van der Waals surface area contributed by atoms with Gasteiger partial charge in [-0.1, -0.05) is 12.1 Å². The Labute approximate surface area is 123 Å². The van der Waals surface area contributed by atoms with Crippen LogP contribution in [0.25, 0.3) is 0 Å². The van der Waals surface area contributed by atoms with Crippen molar-refractivity contribution in [3.05, 3.63) is 64.7 Å². The van der Waals surface area contributed by atoms with Gasteiger partial charge in [-0.05, 0) is 47.9 Å². The Morgan fingerprint density at radius 1 is 1.19 bits per heavy atom. The van der Waals surface area contributed by atoms with Crippen molar-refractivity contribution in [2.24, 2.45) is 0 Å². The number of nitrogen functional groups attached to an aromatic ring is 1. The summed E-state index contributed by atoms with van der Waals surface area (Å²) in [6, 6.07) is 14.7. The summed E-state index contributed by atoms with van der Waals surface area (Å²) in [6.45, 7) is 1.23. The van der Waals surface area contributed by atoms with Crippen molar-refractivity contribution >= 4 is 11.6 Å². The van der Waals surface area contributed by atoms with Gasteiger partial charge in [0.25, 0.3) is 5.91 Å². The van der Waals surface area contributed by atoms with Gasteiger partial charge in [0.05, 0.1) is 11.6 Å². The summed E-state index contributed by atoms with van der Waals surface area (Å²) in [4.78, 5) is 14.3. The molecule has 0 spiro atoms. The van der Waals surface area contributed by atoms with Gasteiger partial charge in [0.1, 0.15) is 0 Å². The molecule has 0 fully saturated rings. The van der Waals surface area contributed by atoms with Crippen molar-refractivity contribution in [3.8, 4) is 6.07 Å². The molecule has 0 aromatic heterocycles. The van der Waals surface area contributed by atoms with Crippen LogP contribution in [-0.4, -0.2) is 17.4 Å². The molecule has 104 valence electrons. The van der Waals surface area contributed by atoms with E-state index >= 15 is 0 Å². The van der Waals surface area contributed by atoms with Gasteiger partial charge in [0.15, 0.2) is 0 Å². The van der Waals surface area contributed by atoms with Crippen LogP contribution >= 0.6 is 0 Å². The van der Waals surface area contributed by atoms with E-state index in [9.17, 15) is 4.79 Å². The molecule has 3 rings (SSSR count). The Balaban J connectivity index is 1.83. The van der Waals surface area contributed by atoms with Crippen molar-refractivity contribution < 1.29 is 4.79 Å². The Morgan fingerprint density at radius 3 is 2.67 bits per heavy atom. The predicted octanol–water partition coefficient (Wildman–Crippen LogP) is 2.34. The van der Waals surface area contributed by atoms with Gasteiger partial charge < -0.3 is 10.6 Å². The molecule has 0 saturated carbocycles. The average Bonchev–Trinajstić information content (AvgIpc) is 2.54. The number of carbonyl (C=O) groups is 1. The van der Waals surface area contributed by atoms with E-state index < -0.39 is 0 Å². The molecule has 0 unspecified atom stereocenters. The van der Waals surface area contributed by atoms with Crippen molar-refractivity contribution in [3.63, 3.8) is 0 Å². The molecule has 0 atom stereocenters. The first-order chi connectivity index (χ1) is 10.2. The zero-order chi connectivity index (χ0) is 14.8. The van der Waals surface area contributed by atoms with Crippen LogP contribution in [0.15, 0.2) is 42.5 Å². The lowest BCUT2D eigenvalue weighted by molar-refractivity contribution is 0.0735. The van der Waals surface area contributed by atoms with Crippen LogP contribution in [0.2, 0.25) is 0 Å². The summed E-state index contributed by atoms with van der Waals surface area (Å²) in [7, 11) is 0. The van der Waals surface area contributed by atoms with Crippen LogP contribution in [0.5, 0.6) is 0 Å². The van der Waals surface area contributed by atoms with E-state index in [-0.39, 0.29) is 5.91 Å². The average molecular weight is 277 g/mol. The molecule has 1 heterocycles. The van der Waals surface area contributed by atoms with Crippen molar-refractivity contribution in [2.75, 3.05) is 12.3 Å². The SMILES string of the molecule is N#Cc1ccc(C(=O)N2CCc3cccc(N)c3C2)cc1. The van der Waals surface area contributed by atoms with Gasteiger partial charge >= 0.3 is 0 Å². The Hall–Kier alpha value is -2.80. The van der Waals surface area contributed by atoms with Gasteiger partial charge in [-0.2, -0.15) is 5.26 Å². The zero-order valence-corrected chi connectivity index (χ0v) is 11.5. The molecule has 1 aliphatic rings. The number of amides is 1. The molecule has 4 heteroatoms. The lowest BCUT2D eigenvalue weighted by atomic mass is 9.97. The summed E-state index contributed by atoms with van der Waals surface area (Å²) in [5.41, 5.74) is 10.2. The molecule has 1 aliphatic heterocycles. The number of nitrogens with two attached hydrogens (primary N) is 1. The Kier molecular flexibility index (Phi) is 3.33. The molecule has 0 aliphatic carbocycles. The number of hydrogen-bond acceptors (Lipinski definition) is 3. The Morgan fingerprint density at radius 2 is 1.95 bits per heavy atom. The number of anilines is 1. The first-order valence-electron chi connectivity index (χ1n) is 6.84. The van der Waals surface area contributed by atoms with Crippen molar-refractivity contribution in [1.29, 1.82) is 5.26 Å². The van der Waals surface area contributed by atoms with Crippen LogP contribution in [0.4, 0.5) is 5.69 Å². The second kappa shape index (κ2) is 5.29. The number of nitrogens with zero attached hydrogens (tertiary/aromatic N) is 2. The highest BCUT2D eigenvalue weighted by atomic mass is 16.2. The van der Waals surface area contributed by atoms with Gasteiger partial charge in [-0.3, -0.25) is 4.79 Å². The minimum Gasteiger partial charge on any atom is -0.398 e. The highest BCUT2D eigenvalue weighted by molar-refractivity contribution is 5.94. The Bertz CT molecular complexity index is 729. The second-order valence-electron chi connectivity index (χ2n) is 5.15. The lowest BCUT2D eigenvalue weighted by Crippen LogP contribution is -2.36. The van der Waals surface area contributed by atoms with Crippen LogP contribution in [0, 0.1) is 11.3 Å². The highest BCUT2D eigenvalue weighted by Crippen LogP contribution is 2.25. The maximum absolute atomic E-state index is 12.5. The summed E-state index contributed by atoms with van der Waals surface area (Å²) in [6.07, 6.45) is 0.822. The third-order valence-electron chi connectivity index (χ3n) is 3.86. The van der Waals surface area contributed by atoms with E-state index in [4.69, 9.17) is 11.0 Å². The van der Waals surface area contributed by atoms with E-state index in [0.717, 1.165) is 17.7 Å². The van der Waals surface area contributed by atoms with Gasteiger partial charge in [-0.25, -0.2) is 0 Å². The van der Waals surface area contributed by atoms with E-state index in [1.807, 2.05) is 12.1 Å². The molecular weight excluding hydrogens is 262 g/mol. The number of nitriles is 1. The van der Waals surface area contributed by atoms with Gasteiger partial charge in [-0.15, -0.1) is 0 Å². The monoisotopic (exact) mass is 277 g/mol. The number of hydrogen-bond donors (Lipinski definition) is 1. The van der Waals surface area contributed by atoms with E-state index in [1.54, 1.807) is 29.2 Å². The smallest absolute Gasteiger partial charge is 0.254 e. The molecule has 0 bridgehead atoms. The van der Waals surface area contributed by atoms with E-state index in [0.29, 0.717) is 24.2 Å². The highest BCUT2D eigenvalue weighted by Gasteiger charge is 2.22. The number of carbonyl (C=O) groups excluding carboxylic acids is 1. The summed E-state index contributed by atoms with van der Waals surface area (Å²) in [5.74, 6) is -0.0200. The fourth-order valence-electron chi connectivity index (χ4n) is 2.65. The molecule has 4 nitrogen and oxygen atoms in total. The van der Waals surface area contributed by atoms with Crippen LogP contribution in [0.1, 0.15) is 27.0 Å². The second-order valence-corrected chi connectivity index (χ2v) is 5.15. The first-order valence-corrected chi connectivity index (χ1v) is 6.84. The van der Waals surface area contributed by atoms with E-state index in [1.165, 1.54) is 5.56 Å². The van der Waals surface area contributed by atoms with E-state index in [2.05, 4.69) is 12.1 Å². The van der Waals surface area contributed by atoms with Crippen LogP contribution in [-0.2, 0) is 13.0 Å². The largest absolute Gasteiger partial charge is 0.398 e. The minimum atomic E-state index is -0.0200. The molecule has 0 saturated heterocycles. The van der Waals surface area contributed by atoms with Crippen LogP contribution < -0.4 is 5.73 Å². The summed E-state index contributed by atoms with van der Waals surface area (Å²) in [5, 5.41) is 8.80. The quantitative estimate of drug-likeness (QED) is 0.813. The molecule has 21 heavy (non-hydrogen) atoms. The predicted molar refractivity (Wildman–Crippen MR) is 80.5 cm³/mol. The normalized spacial score (nSPS) is 13.4. The maximum atomic E-state index is 12.5. The molecule has 2 aromatic rings. The van der Waals surface area contributed by atoms with Gasteiger partial charge in [0.2, 0.25) is 0 Å². The number of rotatable bonds is 1. The maximum Gasteiger partial charge on any atom is 0.254 e. The summed E-state index contributed by atoms with van der Waals surface area (Å²) < 4.78 is 0. The van der Waals surface area contributed by atoms with Crippen LogP contribution in [0.3, 0.4) is 0 Å². The lowest BCUT2D eigenvalue weighted by Gasteiger charge is -2.29.